The smallest absolute Gasteiger partial charge is 0.203 e. The minimum atomic E-state index is 0.589. The van der Waals surface area contributed by atoms with E-state index in [-0.39, 0.29) is 0 Å². The summed E-state index contributed by atoms with van der Waals surface area (Å²) in [6, 6.07) is 7.92. The minimum absolute atomic E-state index is 0.589. The van der Waals surface area contributed by atoms with E-state index < -0.39 is 0 Å². The van der Waals surface area contributed by atoms with Gasteiger partial charge in [0.05, 0.1) is 12.2 Å². The van der Waals surface area contributed by atoms with Crippen molar-refractivity contribution in [2.24, 2.45) is 5.92 Å². The molecule has 2 aromatic rings. The molecule has 0 amide bonds. The second kappa shape index (κ2) is 6.11. The van der Waals surface area contributed by atoms with Gasteiger partial charge in [0.2, 0.25) is 5.95 Å². The van der Waals surface area contributed by atoms with Crippen LogP contribution in [-0.4, -0.2) is 16.1 Å². The number of aromatic nitrogens is 2. The first-order valence-electron chi connectivity index (χ1n) is 6.57. The molecule has 0 atom stereocenters. The fourth-order valence-corrected chi connectivity index (χ4v) is 2.11. The molecule has 0 fully saturated rings. The lowest BCUT2D eigenvalue weighted by atomic mass is 10.2. The Hall–Kier alpha value is -1.48. The van der Waals surface area contributed by atoms with Gasteiger partial charge in [-0.15, -0.1) is 0 Å². The molecule has 3 nitrogen and oxygen atoms in total. The first-order chi connectivity index (χ1) is 9.06. The van der Waals surface area contributed by atoms with Gasteiger partial charge < -0.3 is 9.88 Å². The zero-order chi connectivity index (χ0) is 13.8. The van der Waals surface area contributed by atoms with Gasteiger partial charge in [-0.05, 0) is 24.5 Å². The lowest BCUT2D eigenvalue weighted by Crippen LogP contribution is -2.13. The van der Waals surface area contributed by atoms with Gasteiger partial charge in [-0.3, -0.25) is 0 Å². The third kappa shape index (κ3) is 3.74. The van der Waals surface area contributed by atoms with Crippen LogP contribution in [0.3, 0.4) is 0 Å². The van der Waals surface area contributed by atoms with Crippen LogP contribution in [0.1, 0.15) is 25.1 Å². The summed E-state index contributed by atoms with van der Waals surface area (Å²) >= 11 is 6.21. The van der Waals surface area contributed by atoms with Gasteiger partial charge in [-0.2, -0.15) is 0 Å². The molecule has 0 aliphatic rings. The molecule has 1 aromatic carbocycles. The Bertz CT molecular complexity index is 546. The first kappa shape index (κ1) is 13.9. The lowest BCUT2D eigenvalue weighted by Gasteiger charge is -2.12. The van der Waals surface area contributed by atoms with E-state index in [1.165, 1.54) is 0 Å². The summed E-state index contributed by atoms with van der Waals surface area (Å²) in [5, 5.41) is 4.18. The Morgan fingerprint density at radius 3 is 2.74 bits per heavy atom. The standard InChI is InChI=1S/C15H20ClN3/c1-11(2)8-17-15-18-12(3)9-19(15)10-13-6-4-5-7-14(13)16/h4-7,9,11H,8,10H2,1-3H3,(H,17,18). The molecule has 1 heterocycles. The van der Waals surface area contributed by atoms with E-state index in [4.69, 9.17) is 11.6 Å². The molecule has 102 valence electrons. The van der Waals surface area contributed by atoms with E-state index in [9.17, 15) is 0 Å². The molecular formula is C15H20ClN3. The van der Waals surface area contributed by atoms with E-state index in [0.717, 1.165) is 35.3 Å². The van der Waals surface area contributed by atoms with Crippen LogP contribution in [0.5, 0.6) is 0 Å². The molecule has 0 radical (unpaired) electrons. The van der Waals surface area contributed by atoms with Crippen molar-refractivity contribution >= 4 is 17.5 Å². The minimum Gasteiger partial charge on any atom is -0.355 e. The number of anilines is 1. The van der Waals surface area contributed by atoms with Crippen molar-refractivity contribution in [3.63, 3.8) is 0 Å². The van der Waals surface area contributed by atoms with E-state index >= 15 is 0 Å². The van der Waals surface area contributed by atoms with Crippen LogP contribution in [0.2, 0.25) is 5.02 Å². The Morgan fingerprint density at radius 2 is 2.05 bits per heavy atom. The van der Waals surface area contributed by atoms with Gasteiger partial charge >= 0.3 is 0 Å². The van der Waals surface area contributed by atoms with Crippen molar-refractivity contribution in [3.8, 4) is 0 Å². The van der Waals surface area contributed by atoms with E-state index in [0.29, 0.717) is 5.92 Å². The molecule has 0 saturated heterocycles. The van der Waals surface area contributed by atoms with Gasteiger partial charge in [-0.1, -0.05) is 43.6 Å². The monoisotopic (exact) mass is 277 g/mol. The summed E-state index contributed by atoms with van der Waals surface area (Å²) in [6.45, 7) is 8.02. The number of nitrogens with zero attached hydrogens (tertiary/aromatic N) is 2. The van der Waals surface area contributed by atoms with Gasteiger partial charge in [0.25, 0.3) is 0 Å². The highest BCUT2D eigenvalue weighted by Gasteiger charge is 2.08. The quantitative estimate of drug-likeness (QED) is 0.896. The molecule has 4 heteroatoms. The van der Waals surface area contributed by atoms with Gasteiger partial charge in [0.1, 0.15) is 0 Å². The summed E-state index contributed by atoms with van der Waals surface area (Å²) in [5.41, 5.74) is 2.12. The lowest BCUT2D eigenvalue weighted by molar-refractivity contribution is 0.676. The van der Waals surface area contributed by atoms with Gasteiger partial charge in [0.15, 0.2) is 0 Å². The maximum absolute atomic E-state index is 6.21. The van der Waals surface area contributed by atoms with E-state index in [1.807, 2.05) is 37.4 Å². The summed E-state index contributed by atoms with van der Waals surface area (Å²) in [4.78, 5) is 4.52. The van der Waals surface area contributed by atoms with Crippen molar-refractivity contribution in [2.45, 2.75) is 27.3 Å². The molecule has 19 heavy (non-hydrogen) atoms. The van der Waals surface area contributed by atoms with Crippen molar-refractivity contribution in [1.82, 2.24) is 9.55 Å². The van der Waals surface area contributed by atoms with Crippen LogP contribution in [0.25, 0.3) is 0 Å². The van der Waals surface area contributed by atoms with Crippen LogP contribution in [0.4, 0.5) is 5.95 Å². The van der Waals surface area contributed by atoms with Crippen LogP contribution in [0.15, 0.2) is 30.5 Å². The number of nitrogens with one attached hydrogen (secondary N) is 1. The second-order valence-corrected chi connectivity index (χ2v) is 5.61. The second-order valence-electron chi connectivity index (χ2n) is 5.20. The average Bonchev–Trinajstić information content (AvgIpc) is 2.70. The first-order valence-corrected chi connectivity index (χ1v) is 6.95. The molecule has 0 aliphatic heterocycles. The summed E-state index contributed by atoms with van der Waals surface area (Å²) in [7, 11) is 0. The molecule has 0 spiro atoms. The highest BCUT2D eigenvalue weighted by atomic mass is 35.5. The van der Waals surface area contributed by atoms with Crippen molar-refractivity contribution < 1.29 is 0 Å². The largest absolute Gasteiger partial charge is 0.355 e. The maximum atomic E-state index is 6.21. The summed E-state index contributed by atoms with van der Waals surface area (Å²) in [6.07, 6.45) is 2.05. The van der Waals surface area contributed by atoms with Gasteiger partial charge in [0, 0.05) is 17.8 Å². The third-order valence-corrected chi connectivity index (χ3v) is 3.23. The Balaban J connectivity index is 2.18. The Kier molecular flexibility index (Phi) is 4.48. The van der Waals surface area contributed by atoms with Crippen LogP contribution in [0, 0.1) is 12.8 Å². The number of hydrogen-bond donors (Lipinski definition) is 1. The summed E-state index contributed by atoms with van der Waals surface area (Å²) in [5.74, 6) is 1.50. The fraction of sp³-hybridized carbons (Fsp3) is 0.400. The molecule has 0 aliphatic carbocycles. The molecule has 0 saturated carbocycles. The predicted molar refractivity (Wildman–Crippen MR) is 80.8 cm³/mol. The number of aryl methyl sites for hydroxylation is 1. The fourth-order valence-electron chi connectivity index (χ4n) is 1.91. The third-order valence-electron chi connectivity index (χ3n) is 2.86. The van der Waals surface area contributed by atoms with Crippen molar-refractivity contribution in [2.75, 3.05) is 11.9 Å². The zero-order valence-corrected chi connectivity index (χ0v) is 12.4. The molecule has 2 rings (SSSR count). The molecule has 1 N–H and O–H groups in total. The molecular weight excluding hydrogens is 258 g/mol. The topological polar surface area (TPSA) is 29.9 Å². The highest BCUT2D eigenvalue weighted by molar-refractivity contribution is 6.31. The summed E-state index contributed by atoms with van der Waals surface area (Å²) < 4.78 is 2.11. The zero-order valence-electron chi connectivity index (χ0n) is 11.7. The van der Waals surface area contributed by atoms with Crippen LogP contribution >= 0.6 is 11.6 Å². The predicted octanol–water partition coefficient (Wildman–Crippen LogP) is 3.96. The molecule has 0 unspecified atom stereocenters. The molecule has 1 aromatic heterocycles. The normalized spacial score (nSPS) is 11.0. The number of benzene rings is 1. The van der Waals surface area contributed by atoms with E-state index in [1.54, 1.807) is 0 Å². The van der Waals surface area contributed by atoms with Crippen LogP contribution < -0.4 is 5.32 Å². The van der Waals surface area contributed by atoms with E-state index in [2.05, 4.69) is 28.7 Å². The highest BCUT2D eigenvalue weighted by Crippen LogP contribution is 2.19. The SMILES string of the molecule is Cc1cn(Cc2ccccc2Cl)c(NCC(C)C)n1. The Morgan fingerprint density at radius 1 is 1.32 bits per heavy atom. The average molecular weight is 278 g/mol. The van der Waals surface area contributed by atoms with Gasteiger partial charge in [-0.25, -0.2) is 4.98 Å². The van der Waals surface area contributed by atoms with Crippen molar-refractivity contribution in [1.29, 1.82) is 0 Å². The maximum Gasteiger partial charge on any atom is 0.203 e. The number of hydrogen-bond acceptors (Lipinski definition) is 2. The number of imidazole rings is 1. The molecule has 0 bridgehead atoms. The Labute approximate surface area is 119 Å². The van der Waals surface area contributed by atoms with Crippen LogP contribution in [-0.2, 0) is 6.54 Å². The number of rotatable bonds is 5. The number of halogens is 1. The van der Waals surface area contributed by atoms with Crippen molar-refractivity contribution in [3.05, 3.63) is 46.7 Å².